The lowest BCUT2D eigenvalue weighted by Gasteiger charge is -2.23. The fourth-order valence-electron chi connectivity index (χ4n) is 1.72. The molecule has 6 heteroatoms. The largest absolute Gasteiger partial charge is 0.396 e. The molecule has 106 valence electrons. The molecule has 0 saturated carbocycles. The molecule has 19 heavy (non-hydrogen) atoms. The van der Waals surface area contributed by atoms with E-state index in [2.05, 4.69) is 5.32 Å². The van der Waals surface area contributed by atoms with Crippen LogP contribution in [0.4, 0.5) is 5.69 Å². The Hall–Kier alpha value is -0.970. The van der Waals surface area contributed by atoms with Crippen molar-refractivity contribution in [2.24, 2.45) is 0 Å². The van der Waals surface area contributed by atoms with Crippen LogP contribution in [0.5, 0.6) is 0 Å². The minimum absolute atomic E-state index is 0.166. The van der Waals surface area contributed by atoms with Crippen molar-refractivity contribution in [2.75, 3.05) is 12.3 Å². The molecule has 0 heterocycles. The van der Waals surface area contributed by atoms with E-state index in [1.807, 2.05) is 6.92 Å². The van der Waals surface area contributed by atoms with Crippen molar-refractivity contribution in [3.63, 3.8) is 0 Å². The van der Waals surface area contributed by atoms with Gasteiger partial charge in [-0.25, -0.2) is 0 Å². The van der Waals surface area contributed by atoms with E-state index in [1.54, 1.807) is 6.92 Å². The number of rotatable bonds is 5. The fraction of sp³-hybridized carbons (Fsp3) is 0.462. The Morgan fingerprint density at radius 1 is 1.42 bits per heavy atom. The first-order valence-corrected chi connectivity index (χ1v) is 6.77. The number of aliphatic hydroxyl groups is 1. The maximum Gasteiger partial charge on any atom is 0.251 e. The third kappa shape index (κ3) is 4.56. The molecule has 0 aromatic heterocycles. The summed E-state index contributed by atoms with van der Waals surface area (Å²) in [4.78, 5) is 11.9. The molecule has 0 radical (unpaired) electrons. The van der Waals surface area contributed by atoms with Crippen LogP contribution in [0.1, 0.15) is 37.0 Å². The number of carbonyl (C=O) groups excluding carboxylic acids is 1. The van der Waals surface area contributed by atoms with Crippen LogP contribution in [-0.4, -0.2) is 23.2 Å². The highest BCUT2D eigenvalue weighted by Gasteiger charge is 2.20. The van der Waals surface area contributed by atoms with Crippen LogP contribution < -0.4 is 11.1 Å². The summed E-state index contributed by atoms with van der Waals surface area (Å²) in [5.74, 6) is -0.347. The van der Waals surface area contributed by atoms with Gasteiger partial charge in [-0.05, 0) is 25.5 Å². The van der Waals surface area contributed by atoms with Crippen molar-refractivity contribution < 1.29 is 9.90 Å². The van der Waals surface area contributed by atoms with E-state index >= 15 is 0 Å². The van der Waals surface area contributed by atoms with Crippen molar-refractivity contribution >= 4 is 34.8 Å². The highest BCUT2D eigenvalue weighted by atomic mass is 35.5. The summed E-state index contributed by atoms with van der Waals surface area (Å²) in [5.41, 5.74) is 5.24. The summed E-state index contributed by atoms with van der Waals surface area (Å²) >= 11 is 11.7. The molecule has 1 aromatic rings. The molecule has 0 aliphatic carbocycles. The van der Waals surface area contributed by atoms with Crippen LogP contribution in [-0.2, 0) is 0 Å². The first-order chi connectivity index (χ1) is 8.76. The summed E-state index contributed by atoms with van der Waals surface area (Å²) in [7, 11) is 0. The number of hydrogen-bond acceptors (Lipinski definition) is 3. The van der Waals surface area contributed by atoms with E-state index in [9.17, 15) is 9.90 Å². The van der Waals surface area contributed by atoms with Crippen molar-refractivity contribution in [1.29, 1.82) is 0 Å². The number of benzene rings is 1. The number of nitrogens with one attached hydrogen (secondary N) is 1. The third-order valence-corrected chi connectivity index (χ3v) is 3.39. The smallest absolute Gasteiger partial charge is 0.251 e. The average Bonchev–Trinajstić information content (AvgIpc) is 2.32. The standard InChI is InChI=1S/C13H18Cl2N2O2/c1-3-4-13(2,19)7-17-12(18)8-5-9(14)11(16)10(15)6-8/h5-6,19H,3-4,7,16H2,1-2H3,(H,17,18). The van der Waals surface area contributed by atoms with Gasteiger partial charge in [0.1, 0.15) is 0 Å². The normalized spacial score (nSPS) is 13.9. The van der Waals surface area contributed by atoms with Crippen LogP contribution in [0.15, 0.2) is 12.1 Å². The Balaban J connectivity index is 2.74. The first-order valence-electron chi connectivity index (χ1n) is 6.02. The molecule has 0 saturated heterocycles. The molecular formula is C13H18Cl2N2O2. The zero-order valence-electron chi connectivity index (χ0n) is 11.0. The fourth-order valence-corrected chi connectivity index (χ4v) is 2.20. The summed E-state index contributed by atoms with van der Waals surface area (Å²) in [5, 5.41) is 13.1. The molecule has 1 atom stereocenters. The molecule has 0 bridgehead atoms. The van der Waals surface area contributed by atoms with Crippen LogP contribution >= 0.6 is 23.2 Å². The van der Waals surface area contributed by atoms with Crippen molar-refractivity contribution in [2.45, 2.75) is 32.3 Å². The maximum absolute atomic E-state index is 11.9. The lowest BCUT2D eigenvalue weighted by molar-refractivity contribution is 0.0469. The van der Waals surface area contributed by atoms with Gasteiger partial charge in [-0.1, -0.05) is 36.5 Å². The van der Waals surface area contributed by atoms with E-state index in [1.165, 1.54) is 12.1 Å². The summed E-state index contributed by atoms with van der Waals surface area (Å²) in [6.45, 7) is 3.81. The van der Waals surface area contributed by atoms with Gasteiger partial charge in [0.05, 0.1) is 21.3 Å². The molecule has 4 N–H and O–H groups in total. The molecule has 1 aromatic carbocycles. The Morgan fingerprint density at radius 2 is 1.95 bits per heavy atom. The number of anilines is 1. The SMILES string of the molecule is CCCC(C)(O)CNC(=O)c1cc(Cl)c(N)c(Cl)c1. The second-order valence-electron chi connectivity index (χ2n) is 4.78. The molecule has 0 spiro atoms. The van der Waals surface area contributed by atoms with Gasteiger partial charge in [0.25, 0.3) is 5.91 Å². The van der Waals surface area contributed by atoms with Crippen molar-refractivity contribution in [1.82, 2.24) is 5.32 Å². The van der Waals surface area contributed by atoms with Gasteiger partial charge in [0.2, 0.25) is 0 Å². The number of nitrogens with two attached hydrogens (primary N) is 1. The topological polar surface area (TPSA) is 75.3 Å². The Kier molecular flexibility index (Phi) is 5.47. The van der Waals surface area contributed by atoms with E-state index in [4.69, 9.17) is 28.9 Å². The van der Waals surface area contributed by atoms with Gasteiger partial charge < -0.3 is 16.2 Å². The minimum atomic E-state index is -0.925. The van der Waals surface area contributed by atoms with Crippen LogP contribution in [0.3, 0.4) is 0 Å². The second kappa shape index (κ2) is 6.46. The van der Waals surface area contributed by atoms with Crippen molar-refractivity contribution in [3.05, 3.63) is 27.7 Å². The molecule has 1 rings (SSSR count). The predicted molar refractivity (Wildman–Crippen MR) is 78.7 cm³/mol. The molecule has 0 fully saturated rings. The minimum Gasteiger partial charge on any atom is -0.396 e. The highest BCUT2D eigenvalue weighted by molar-refractivity contribution is 6.39. The summed E-state index contributed by atoms with van der Waals surface area (Å²) < 4.78 is 0. The monoisotopic (exact) mass is 304 g/mol. The van der Waals surface area contributed by atoms with E-state index in [-0.39, 0.29) is 28.2 Å². The number of carbonyl (C=O) groups is 1. The predicted octanol–water partition coefficient (Wildman–Crippen LogP) is 2.86. The van der Waals surface area contributed by atoms with E-state index in [0.717, 1.165) is 6.42 Å². The van der Waals surface area contributed by atoms with Gasteiger partial charge in [-0.2, -0.15) is 0 Å². The van der Waals surface area contributed by atoms with Crippen molar-refractivity contribution in [3.8, 4) is 0 Å². The second-order valence-corrected chi connectivity index (χ2v) is 5.60. The van der Waals surface area contributed by atoms with E-state index < -0.39 is 5.60 Å². The third-order valence-electron chi connectivity index (χ3n) is 2.76. The Morgan fingerprint density at radius 3 is 2.42 bits per heavy atom. The summed E-state index contributed by atoms with van der Waals surface area (Å²) in [6, 6.07) is 2.90. The zero-order valence-corrected chi connectivity index (χ0v) is 12.5. The van der Waals surface area contributed by atoms with Gasteiger partial charge in [-0.15, -0.1) is 0 Å². The van der Waals surface area contributed by atoms with E-state index in [0.29, 0.717) is 12.0 Å². The molecule has 0 aliphatic rings. The lowest BCUT2D eigenvalue weighted by atomic mass is 10.0. The van der Waals surface area contributed by atoms with Crippen LogP contribution in [0, 0.1) is 0 Å². The van der Waals surface area contributed by atoms with Gasteiger partial charge in [-0.3, -0.25) is 4.79 Å². The first kappa shape index (κ1) is 16.1. The van der Waals surface area contributed by atoms with Gasteiger partial charge in [0, 0.05) is 12.1 Å². The number of nitrogen functional groups attached to an aromatic ring is 1. The molecule has 0 aliphatic heterocycles. The maximum atomic E-state index is 11.9. The van der Waals surface area contributed by atoms with Gasteiger partial charge in [0.15, 0.2) is 0 Å². The zero-order chi connectivity index (χ0) is 14.6. The summed E-state index contributed by atoms with van der Waals surface area (Å²) in [6.07, 6.45) is 1.44. The Bertz CT molecular complexity index is 453. The molecule has 1 amide bonds. The average molecular weight is 305 g/mol. The van der Waals surface area contributed by atoms with Crippen LogP contribution in [0.25, 0.3) is 0 Å². The molecule has 1 unspecified atom stereocenters. The molecule has 4 nitrogen and oxygen atoms in total. The number of halogens is 2. The lowest BCUT2D eigenvalue weighted by Crippen LogP contribution is -2.40. The van der Waals surface area contributed by atoms with Crippen LogP contribution in [0.2, 0.25) is 10.0 Å². The number of amides is 1. The molecular weight excluding hydrogens is 287 g/mol. The Labute approximate surface area is 122 Å². The number of hydrogen-bond donors (Lipinski definition) is 3. The highest BCUT2D eigenvalue weighted by Crippen LogP contribution is 2.28. The van der Waals surface area contributed by atoms with Gasteiger partial charge >= 0.3 is 0 Å². The quantitative estimate of drug-likeness (QED) is 0.732.